The van der Waals surface area contributed by atoms with Crippen LogP contribution in [0.25, 0.3) is 0 Å². The predicted molar refractivity (Wildman–Crippen MR) is 62.5 cm³/mol. The monoisotopic (exact) mass is 225 g/mol. The van der Waals surface area contributed by atoms with Gasteiger partial charge in [0.2, 0.25) is 0 Å². The Bertz CT molecular complexity index is 331. The molecular formula is C11H19N3O2. The highest BCUT2D eigenvalue weighted by Gasteiger charge is 2.05. The Morgan fingerprint density at radius 1 is 1.50 bits per heavy atom. The second-order valence-corrected chi connectivity index (χ2v) is 3.77. The van der Waals surface area contributed by atoms with Gasteiger partial charge in [-0.3, -0.25) is 4.98 Å². The van der Waals surface area contributed by atoms with Crippen LogP contribution in [0.5, 0.6) is 0 Å². The maximum atomic E-state index is 9.45. The molecule has 0 amide bonds. The number of nitrogens with one attached hydrogen (secondary N) is 1. The smallest absolute Gasteiger partial charge is 0.147 e. The molecule has 5 heteroatoms. The molecule has 0 saturated heterocycles. The lowest BCUT2D eigenvalue weighted by Crippen LogP contribution is -2.19. The number of hydrogen-bond donors (Lipinski definition) is 2. The fraction of sp³-hybridized carbons (Fsp3) is 0.636. The second kappa shape index (κ2) is 6.40. The van der Waals surface area contributed by atoms with Gasteiger partial charge in [0.25, 0.3) is 0 Å². The molecule has 0 aliphatic heterocycles. The number of rotatable bonds is 6. The van der Waals surface area contributed by atoms with Crippen LogP contribution in [0.1, 0.15) is 17.8 Å². The van der Waals surface area contributed by atoms with Gasteiger partial charge in [0.1, 0.15) is 5.82 Å². The quantitative estimate of drug-likeness (QED) is 0.753. The zero-order valence-corrected chi connectivity index (χ0v) is 10.0. The molecule has 0 radical (unpaired) electrons. The number of aromatic nitrogens is 2. The maximum Gasteiger partial charge on any atom is 0.147 e. The van der Waals surface area contributed by atoms with Gasteiger partial charge >= 0.3 is 0 Å². The van der Waals surface area contributed by atoms with Gasteiger partial charge in [-0.2, -0.15) is 0 Å². The maximum absolute atomic E-state index is 9.45. The minimum atomic E-state index is -0.435. The molecule has 1 heterocycles. The minimum absolute atomic E-state index is 0.361. The van der Waals surface area contributed by atoms with Crippen LogP contribution in [0.15, 0.2) is 6.20 Å². The van der Waals surface area contributed by atoms with Gasteiger partial charge in [-0.15, -0.1) is 0 Å². The Labute approximate surface area is 95.9 Å². The highest BCUT2D eigenvalue weighted by atomic mass is 16.5. The molecule has 2 N–H and O–H groups in total. The summed E-state index contributed by atoms with van der Waals surface area (Å²) in [5, 5.41) is 12.6. The van der Waals surface area contributed by atoms with Crippen molar-refractivity contribution in [2.75, 3.05) is 25.6 Å². The molecule has 0 aromatic carbocycles. The topological polar surface area (TPSA) is 67.3 Å². The zero-order valence-electron chi connectivity index (χ0n) is 10.0. The summed E-state index contributed by atoms with van der Waals surface area (Å²) < 4.78 is 4.84. The number of anilines is 1. The van der Waals surface area contributed by atoms with Crippen molar-refractivity contribution in [1.82, 2.24) is 9.97 Å². The van der Waals surface area contributed by atoms with Gasteiger partial charge in [-0.1, -0.05) is 0 Å². The van der Waals surface area contributed by atoms with E-state index >= 15 is 0 Å². The largest absolute Gasteiger partial charge is 0.391 e. The van der Waals surface area contributed by atoms with E-state index in [1.807, 2.05) is 13.8 Å². The van der Waals surface area contributed by atoms with E-state index < -0.39 is 6.10 Å². The number of methoxy groups -OCH3 is 1. The molecule has 0 bridgehead atoms. The van der Waals surface area contributed by atoms with Gasteiger partial charge in [0.15, 0.2) is 0 Å². The van der Waals surface area contributed by atoms with Crippen molar-refractivity contribution < 1.29 is 9.84 Å². The third-order valence-electron chi connectivity index (χ3n) is 2.20. The van der Waals surface area contributed by atoms with Gasteiger partial charge < -0.3 is 15.2 Å². The molecule has 16 heavy (non-hydrogen) atoms. The van der Waals surface area contributed by atoms with Gasteiger partial charge in [-0.05, 0) is 20.3 Å². The zero-order chi connectivity index (χ0) is 12.0. The van der Waals surface area contributed by atoms with Gasteiger partial charge in [-0.25, -0.2) is 4.98 Å². The molecule has 5 nitrogen and oxygen atoms in total. The first kappa shape index (κ1) is 12.9. The summed E-state index contributed by atoms with van der Waals surface area (Å²) in [6, 6.07) is 0. The summed E-state index contributed by atoms with van der Waals surface area (Å²) >= 11 is 0. The molecule has 0 fully saturated rings. The average molecular weight is 225 g/mol. The van der Waals surface area contributed by atoms with Crippen LogP contribution in [0.4, 0.5) is 5.82 Å². The van der Waals surface area contributed by atoms with Gasteiger partial charge in [0.05, 0.1) is 24.1 Å². The fourth-order valence-electron chi connectivity index (χ4n) is 1.34. The number of aryl methyl sites for hydroxylation is 2. The van der Waals surface area contributed by atoms with Crippen molar-refractivity contribution in [3.8, 4) is 0 Å². The predicted octanol–water partition coefficient (Wildman–Crippen LogP) is 0.903. The molecule has 1 aromatic rings. The summed E-state index contributed by atoms with van der Waals surface area (Å²) in [7, 11) is 1.58. The standard InChI is InChI=1S/C11H19N3O2/c1-8-6-13-9(2)11(14-8)12-5-4-10(15)7-16-3/h6,10,15H,4-5,7H2,1-3H3,(H,12,14). The van der Waals surface area contributed by atoms with Gasteiger partial charge in [0, 0.05) is 19.9 Å². The van der Waals surface area contributed by atoms with Crippen molar-refractivity contribution in [2.24, 2.45) is 0 Å². The van der Waals surface area contributed by atoms with Crippen molar-refractivity contribution >= 4 is 5.82 Å². The Kier molecular flexibility index (Phi) is 5.14. The highest BCUT2D eigenvalue weighted by molar-refractivity contribution is 5.39. The van der Waals surface area contributed by atoms with Crippen molar-refractivity contribution in [2.45, 2.75) is 26.4 Å². The average Bonchev–Trinajstić information content (AvgIpc) is 2.23. The van der Waals surface area contributed by atoms with Crippen LogP contribution >= 0.6 is 0 Å². The SMILES string of the molecule is COCC(O)CCNc1nc(C)cnc1C. The number of aliphatic hydroxyl groups excluding tert-OH is 1. The third kappa shape index (κ3) is 4.12. The summed E-state index contributed by atoms with van der Waals surface area (Å²) in [5.41, 5.74) is 1.75. The summed E-state index contributed by atoms with van der Waals surface area (Å²) in [6.45, 7) is 4.82. The van der Waals surface area contributed by atoms with E-state index in [1.165, 1.54) is 0 Å². The first-order valence-corrected chi connectivity index (χ1v) is 5.34. The van der Waals surface area contributed by atoms with Crippen LogP contribution in [-0.4, -0.2) is 41.4 Å². The number of hydrogen-bond acceptors (Lipinski definition) is 5. The van der Waals surface area contributed by atoms with E-state index in [1.54, 1.807) is 13.3 Å². The van der Waals surface area contributed by atoms with Crippen LogP contribution in [0.3, 0.4) is 0 Å². The minimum Gasteiger partial charge on any atom is -0.391 e. The molecule has 0 saturated carbocycles. The van der Waals surface area contributed by atoms with Crippen LogP contribution in [-0.2, 0) is 4.74 Å². The molecule has 1 atom stereocenters. The lowest BCUT2D eigenvalue weighted by Gasteiger charge is -2.11. The summed E-state index contributed by atoms with van der Waals surface area (Å²) in [5.74, 6) is 0.782. The first-order valence-electron chi connectivity index (χ1n) is 5.34. The van der Waals surface area contributed by atoms with E-state index in [0.717, 1.165) is 17.2 Å². The molecule has 0 spiro atoms. The molecule has 1 unspecified atom stereocenters. The number of nitrogens with zero attached hydrogens (tertiary/aromatic N) is 2. The van der Waals surface area contributed by atoms with E-state index in [2.05, 4.69) is 15.3 Å². The lowest BCUT2D eigenvalue weighted by atomic mass is 10.2. The Balaban J connectivity index is 2.39. The molecule has 1 rings (SSSR count). The second-order valence-electron chi connectivity index (χ2n) is 3.77. The molecular weight excluding hydrogens is 206 g/mol. The fourth-order valence-corrected chi connectivity index (χ4v) is 1.34. The van der Waals surface area contributed by atoms with E-state index in [4.69, 9.17) is 4.74 Å². The summed E-state index contributed by atoms with van der Waals surface area (Å²) in [4.78, 5) is 8.53. The van der Waals surface area contributed by atoms with Crippen molar-refractivity contribution in [1.29, 1.82) is 0 Å². The molecule has 0 aliphatic carbocycles. The molecule has 1 aromatic heterocycles. The van der Waals surface area contributed by atoms with E-state index in [0.29, 0.717) is 19.6 Å². The van der Waals surface area contributed by atoms with Crippen LogP contribution in [0.2, 0.25) is 0 Å². The Hall–Kier alpha value is -1.20. The molecule has 90 valence electrons. The lowest BCUT2D eigenvalue weighted by molar-refractivity contribution is 0.0615. The first-order chi connectivity index (χ1) is 7.63. The molecule has 0 aliphatic rings. The number of ether oxygens (including phenoxy) is 1. The van der Waals surface area contributed by atoms with Crippen molar-refractivity contribution in [3.05, 3.63) is 17.6 Å². The van der Waals surface area contributed by atoms with Crippen LogP contribution < -0.4 is 5.32 Å². The van der Waals surface area contributed by atoms with E-state index in [-0.39, 0.29) is 0 Å². The normalized spacial score (nSPS) is 12.5. The summed E-state index contributed by atoms with van der Waals surface area (Å²) in [6.07, 6.45) is 1.93. The van der Waals surface area contributed by atoms with Crippen molar-refractivity contribution in [3.63, 3.8) is 0 Å². The highest BCUT2D eigenvalue weighted by Crippen LogP contribution is 2.08. The van der Waals surface area contributed by atoms with E-state index in [9.17, 15) is 5.11 Å². The third-order valence-corrected chi connectivity index (χ3v) is 2.20. The Morgan fingerprint density at radius 3 is 2.94 bits per heavy atom. The number of aliphatic hydroxyl groups is 1. The Morgan fingerprint density at radius 2 is 2.25 bits per heavy atom. The van der Waals surface area contributed by atoms with Crippen LogP contribution in [0, 0.1) is 13.8 Å².